The number of phenolic OH excluding ortho intramolecular Hbond substituents is 1. The van der Waals surface area contributed by atoms with E-state index in [2.05, 4.69) is 50.9 Å². The maximum atomic E-state index is 12.9. The number of aryl methyl sites for hydroxylation is 1. The Labute approximate surface area is 282 Å². The highest BCUT2D eigenvalue weighted by atomic mass is 16.3. The molecule has 1 fully saturated rings. The molecule has 0 bridgehead atoms. The average molecular weight is 642 g/mol. The summed E-state index contributed by atoms with van der Waals surface area (Å²) in [6, 6.07) is 21.5. The highest BCUT2D eigenvalue weighted by Crippen LogP contribution is 2.32. The quantitative estimate of drug-likeness (QED) is 0.157. The molecule has 2 aromatic carbocycles. The molecule has 3 aromatic heterocycles. The Morgan fingerprint density at radius 1 is 1.08 bits per heavy atom. The van der Waals surface area contributed by atoms with Crippen LogP contribution < -0.4 is 5.73 Å². The number of carbonyl (C=O) groups excluding carboxylic acids is 1. The first kappa shape index (κ1) is 32.7. The van der Waals surface area contributed by atoms with E-state index in [1.54, 1.807) is 29.3 Å². The second kappa shape index (κ2) is 14.2. The molecule has 1 amide bonds. The molecule has 48 heavy (non-hydrogen) atoms. The van der Waals surface area contributed by atoms with Gasteiger partial charge in [0.1, 0.15) is 17.1 Å². The van der Waals surface area contributed by atoms with Crippen LogP contribution in [0.1, 0.15) is 53.9 Å². The zero-order chi connectivity index (χ0) is 33.8. The number of allylic oxidation sites excluding steroid dienone is 4. The van der Waals surface area contributed by atoms with Gasteiger partial charge in [-0.05, 0) is 111 Å². The molecule has 9 nitrogen and oxygen atoms in total. The standard InChI is InChI=1S/C39H43N7O2/c1-5-8-29(6-2)33-16-17-34-38(42-33)46(37(43-34)32-9-7-20-41-36(32)40)31-14-11-27(12-15-31)24-45-22-19-28(25-45)18-21-44(4)39(48)30-13-10-26(3)35(47)23-30/h5-17,20,23,28,47H,18-19,21-22,24-25H2,1-4H3,(H2,40,41)/b8-5-,29-6+. The molecule has 9 heteroatoms. The van der Waals surface area contributed by atoms with Crippen molar-refractivity contribution in [3.05, 3.63) is 114 Å². The van der Waals surface area contributed by atoms with Gasteiger partial charge < -0.3 is 15.7 Å². The highest BCUT2D eigenvalue weighted by molar-refractivity contribution is 5.94. The molecule has 6 rings (SSSR count). The Bertz CT molecular complexity index is 1990. The third-order valence-electron chi connectivity index (χ3n) is 9.18. The number of rotatable bonds is 10. The fraction of sp³-hybridized carbons (Fsp3) is 0.282. The predicted molar refractivity (Wildman–Crippen MR) is 193 cm³/mol. The van der Waals surface area contributed by atoms with Crippen molar-refractivity contribution < 1.29 is 9.90 Å². The maximum absolute atomic E-state index is 12.9. The number of likely N-dealkylation sites (tertiary alicyclic amines) is 1. The van der Waals surface area contributed by atoms with E-state index in [0.717, 1.165) is 71.7 Å². The largest absolute Gasteiger partial charge is 0.508 e. The van der Waals surface area contributed by atoms with Crippen LogP contribution in [0, 0.1) is 12.8 Å². The summed E-state index contributed by atoms with van der Waals surface area (Å²) in [6.45, 7) is 9.41. The van der Waals surface area contributed by atoms with E-state index < -0.39 is 0 Å². The normalized spacial score (nSPS) is 15.5. The number of aromatic hydroxyl groups is 1. The van der Waals surface area contributed by atoms with Gasteiger partial charge in [0, 0.05) is 44.1 Å². The van der Waals surface area contributed by atoms with E-state index in [1.807, 2.05) is 58.2 Å². The van der Waals surface area contributed by atoms with Crippen LogP contribution in [0.2, 0.25) is 0 Å². The molecule has 1 aliphatic heterocycles. The van der Waals surface area contributed by atoms with Crippen molar-refractivity contribution in [1.82, 2.24) is 29.3 Å². The van der Waals surface area contributed by atoms with Crippen LogP contribution in [-0.4, -0.2) is 67.0 Å². The number of nitrogens with two attached hydrogens (primary N) is 1. The topological polar surface area (TPSA) is 113 Å². The van der Waals surface area contributed by atoms with Crippen LogP contribution in [-0.2, 0) is 6.54 Å². The molecule has 0 radical (unpaired) electrons. The molecule has 0 saturated carbocycles. The Morgan fingerprint density at radius 2 is 1.90 bits per heavy atom. The minimum Gasteiger partial charge on any atom is -0.508 e. The summed E-state index contributed by atoms with van der Waals surface area (Å²) in [7, 11) is 1.84. The fourth-order valence-electron chi connectivity index (χ4n) is 6.40. The lowest BCUT2D eigenvalue weighted by atomic mass is 10.0. The number of phenols is 1. The Kier molecular flexibility index (Phi) is 9.68. The molecule has 1 atom stereocenters. The number of nitrogens with zero attached hydrogens (tertiary/aromatic N) is 6. The number of carbonyl (C=O) groups is 1. The van der Waals surface area contributed by atoms with Gasteiger partial charge in [0.05, 0.1) is 11.3 Å². The van der Waals surface area contributed by atoms with Gasteiger partial charge in [-0.15, -0.1) is 0 Å². The Balaban J connectivity index is 1.17. The number of aromatic nitrogens is 4. The summed E-state index contributed by atoms with van der Waals surface area (Å²) < 4.78 is 2.07. The predicted octanol–water partition coefficient (Wildman–Crippen LogP) is 7.04. The van der Waals surface area contributed by atoms with Crippen molar-refractivity contribution >= 4 is 28.5 Å². The van der Waals surface area contributed by atoms with Crippen molar-refractivity contribution in [2.24, 2.45) is 5.92 Å². The second-order valence-corrected chi connectivity index (χ2v) is 12.6. The van der Waals surface area contributed by atoms with Gasteiger partial charge in [-0.25, -0.2) is 15.0 Å². The summed E-state index contributed by atoms with van der Waals surface area (Å²) >= 11 is 0. The Morgan fingerprint density at radius 3 is 2.62 bits per heavy atom. The lowest BCUT2D eigenvalue weighted by Crippen LogP contribution is -2.29. The lowest BCUT2D eigenvalue weighted by molar-refractivity contribution is 0.0787. The van der Waals surface area contributed by atoms with E-state index in [1.165, 1.54) is 5.56 Å². The smallest absolute Gasteiger partial charge is 0.253 e. The monoisotopic (exact) mass is 641 g/mol. The molecule has 1 aliphatic rings. The first-order chi connectivity index (χ1) is 23.2. The molecule has 0 aliphatic carbocycles. The van der Waals surface area contributed by atoms with Gasteiger partial charge in [-0.1, -0.05) is 36.4 Å². The lowest BCUT2D eigenvalue weighted by Gasteiger charge is -2.20. The number of amides is 1. The molecule has 5 aromatic rings. The number of imidazole rings is 1. The van der Waals surface area contributed by atoms with Crippen LogP contribution in [0.3, 0.4) is 0 Å². The summed E-state index contributed by atoms with van der Waals surface area (Å²) in [5, 5.41) is 10.0. The van der Waals surface area contributed by atoms with Gasteiger partial charge >= 0.3 is 0 Å². The van der Waals surface area contributed by atoms with Crippen molar-refractivity contribution in [2.75, 3.05) is 32.4 Å². The SMILES string of the molecule is C/C=C\C(=C/C)c1ccc2nc(-c3cccnc3N)n(-c3ccc(CN4CCC(CCN(C)C(=O)c5ccc(C)c(O)c5)C4)cc3)c2n1. The average Bonchev–Trinajstić information content (AvgIpc) is 3.71. The zero-order valence-corrected chi connectivity index (χ0v) is 28.1. The zero-order valence-electron chi connectivity index (χ0n) is 28.1. The summed E-state index contributed by atoms with van der Waals surface area (Å²) in [6.07, 6.45) is 9.87. The summed E-state index contributed by atoms with van der Waals surface area (Å²) in [4.78, 5) is 31.5. The van der Waals surface area contributed by atoms with Crippen LogP contribution in [0.4, 0.5) is 5.82 Å². The summed E-state index contributed by atoms with van der Waals surface area (Å²) in [5.41, 5.74) is 14.0. The number of benzene rings is 2. The number of pyridine rings is 2. The van der Waals surface area contributed by atoms with Crippen molar-refractivity contribution in [3.63, 3.8) is 0 Å². The highest BCUT2D eigenvalue weighted by Gasteiger charge is 2.24. The number of nitrogen functional groups attached to an aromatic ring is 1. The number of fused-ring (bicyclic) bond motifs is 1. The maximum Gasteiger partial charge on any atom is 0.253 e. The van der Waals surface area contributed by atoms with Crippen LogP contribution >= 0.6 is 0 Å². The van der Waals surface area contributed by atoms with E-state index >= 15 is 0 Å². The van der Waals surface area contributed by atoms with Crippen LogP contribution in [0.15, 0.2) is 91.2 Å². The molecule has 0 spiro atoms. The van der Waals surface area contributed by atoms with Crippen molar-refractivity contribution in [3.8, 4) is 22.8 Å². The number of hydrogen-bond donors (Lipinski definition) is 2. The van der Waals surface area contributed by atoms with Crippen molar-refractivity contribution in [1.29, 1.82) is 0 Å². The van der Waals surface area contributed by atoms with E-state index in [-0.39, 0.29) is 11.7 Å². The molecule has 3 N–H and O–H groups in total. The second-order valence-electron chi connectivity index (χ2n) is 12.6. The summed E-state index contributed by atoms with van der Waals surface area (Å²) in [5.74, 6) is 1.74. The van der Waals surface area contributed by atoms with Gasteiger partial charge in [-0.2, -0.15) is 0 Å². The first-order valence-corrected chi connectivity index (χ1v) is 16.5. The minimum absolute atomic E-state index is 0.0632. The molecular formula is C39H43N7O2. The minimum atomic E-state index is -0.0632. The Hall–Kier alpha value is -5.28. The van der Waals surface area contributed by atoms with Gasteiger partial charge in [0.15, 0.2) is 11.5 Å². The van der Waals surface area contributed by atoms with E-state index in [0.29, 0.717) is 29.7 Å². The number of hydrogen-bond acceptors (Lipinski definition) is 7. The molecule has 1 saturated heterocycles. The molecule has 1 unspecified atom stereocenters. The van der Waals surface area contributed by atoms with Gasteiger partial charge in [0.25, 0.3) is 5.91 Å². The molecule has 246 valence electrons. The number of anilines is 1. The van der Waals surface area contributed by atoms with Gasteiger partial charge in [-0.3, -0.25) is 14.3 Å². The van der Waals surface area contributed by atoms with Crippen LogP contribution in [0.25, 0.3) is 33.8 Å². The van der Waals surface area contributed by atoms with E-state index in [9.17, 15) is 9.90 Å². The van der Waals surface area contributed by atoms with E-state index in [4.69, 9.17) is 15.7 Å². The molecular weight excluding hydrogens is 598 g/mol. The fourth-order valence-corrected chi connectivity index (χ4v) is 6.40. The molecule has 4 heterocycles. The van der Waals surface area contributed by atoms with Gasteiger partial charge in [0.2, 0.25) is 0 Å². The first-order valence-electron chi connectivity index (χ1n) is 16.5. The third-order valence-corrected chi connectivity index (χ3v) is 9.18. The van der Waals surface area contributed by atoms with Crippen molar-refractivity contribution in [2.45, 2.75) is 40.2 Å². The third kappa shape index (κ3) is 6.87. The van der Waals surface area contributed by atoms with Crippen LogP contribution in [0.5, 0.6) is 5.75 Å².